The van der Waals surface area contributed by atoms with Crippen molar-refractivity contribution < 1.29 is 22.5 Å². The Bertz CT molecular complexity index is 138. The number of allylic oxidation sites excluding steroid dienone is 4. The third kappa shape index (κ3) is 3.37. The molecule has 10 heavy (non-hydrogen) atoms. The summed E-state index contributed by atoms with van der Waals surface area (Å²) < 4.78 is 0. The minimum atomic E-state index is 0. The third-order valence-corrected chi connectivity index (χ3v) is 1.57. The Balaban J connectivity index is 0. The Hall–Kier alpha value is 0.168. The van der Waals surface area contributed by atoms with Crippen LogP contribution in [0.1, 0.15) is 34.0 Å². The van der Waals surface area contributed by atoms with E-state index >= 15 is 0 Å². The molecule has 0 atom stereocenters. The van der Waals surface area contributed by atoms with Gasteiger partial charge in [-0.1, -0.05) is 26.2 Å². The zero-order valence-corrected chi connectivity index (χ0v) is 8.40. The summed E-state index contributed by atoms with van der Waals surface area (Å²) in [5.41, 5.74) is 1.41. The monoisotopic (exact) mass is 220 g/mol. The minimum absolute atomic E-state index is 0. The van der Waals surface area contributed by atoms with Crippen molar-refractivity contribution in [3.63, 3.8) is 0 Å². The van der Waals surface area contributed by atoms with E-state index < -0.39 is 0 Å². The summed E-state index contributed by atoms with van der Waals surface area (Å²) in [6.45, 7) is 2.22. The van der Waals surface area contributed by atoms with E-state index in [1.54, 1.807) is 0 Å². The second kappa shape index (κ2) is 5.92. The largest absolute Gasteiger partial charge is 1.00 e. The molecule has 0 radical (unpaired) electrons. The van der Waals surface area contributed by atoms with Crippen LogP contribution >= 0.6 is 0 Å². The number of rotatable bonds is 3. The molecule has 0 saturated heterocycles. The first-order chi connectivity index (χ1) is 4.43. The van der Waals surface area contributed by atoms with Gasteiger partial charge in [0.15, 0.2) is 0 Å². The van der Waals surface area contributed by atoms with Crippen molar-refractivity contribution in [2.75, 3.05) is 0 Å². The molecule has 0 aromatic carbocycles. The van der Waals surface area contributed by atoms with Crippen LogP contribution in [0, 0.1) is 6.08 Å². The van der Waals surface area contributed by atoms with E-state index in [0.29, 0.717) is 0 Å². The van der Waals surface area contributed by atoms with Gasteiger partial charge in [-0.25, -0.2) is 11.6 Å². The van der Waals surface area contributed by atoms with Gasteiger partial charge in [-0.3, -0.25) is 6.08 Å². The fraction of sp³-hybridized carbons (Fsp3) is 0.556. The van der Waals surface area contributed by atoms with Crippen LogP contribution in [0.3, 0.4) is 0 Å². The van der Waals surface area contributed by atoms with E-state index in [1.807, 2.05) is 0 Å². The van der Waals surface area contributed by atoms with Gasteiger partial charge in [-0.2, -0.15) is 6.08 Å². The molecule has 0 bridgehead atoms. The van der Waals surface area contributed by atoms with E-state index in [1.165, 1.54) is 24.8 Å². The van der Waals surface area contributed by atoms with Crippen molar-refractivity contribution in [2.24, 2.45) is 0 Å². The Morgan fingerprint density at radius 3 is 3.00 bits per heavy atom. The molecule has 1 rings (SSSR count). The van der Waals surface area contributed by atoms with Crippen LogP contribution in [0.4, 0.5) is 0 Å². The van der Waals surface area contributed by atoms with Crippen LogP contribution in [0.5, 0.6) is 0 Å². The Labute approximate surface area is 79.1 Å². The van der Waals surface area contributed by atoms with Crippen molar-refractivity contribution in [1.82, 2.24) is 0 Å². The first-order valence-electron chi connectivity index (χ1n) is 3.69. The minimum Gasteiger partial charge on any atom is -1.00 e. The van der Waals surface area contributed by atoms with E-state index in [4.69, 9.17) is 0 Å². The van der Waals surface area contributed by atoms with Crippen molar-refractivity contribution in [3.05, 3.63) is 23.8 Å². The van der Waals surface area contributed by atoms with E-state index in [0.717, 1.165) is 6.42 Å². The summed E-state index contributed by atoms with van der Waals surface area (Å²) in [5, 5.41) is 0. The predicted molar refractivity (Wildman–Crippen MR) is 41.2 cm³/mol. The maximum Gasteiger partial charge on any atom is 0 e. The third-order valence-electron chi connectivity index (χ3n) is 1.57. The van der Waals surface area contributed by atoms with Gasteiger partial charge in [-0.05, 0) is 0 Å². The Morgan fingerprint density at radius 1 is 1.70 bits per heavy atom. The van der Waals surface area contributed by atoms with Gasteiger partial charge in [0.1, 0.15) is 0 Å². The molecule has 0 aliphatic heterocycles. The molecule has 1 heteroatoms. The fourth-order valence-electron chi connectivity index (χ4n) is 0.989. The van der Waals surface area contributed by atoms with Crippen LogP contribution < -0.4 is 0 Å². The summed E-state index contributed by atoms with van der Waals surface area (Å²) in [5.74, 6) is 0. The Morgan fingerprint density at radius 2 is 2.50 bits per heavy atom. The molecule has 58 valence electrons. The average molecular weight is 218 g/mol. The van der Waals surface area contributed by atoms with Crippen LogP contribution in [-0.4, -0.2) is 0 Å². The summed E-state index contributed by atoms with van der Waals surface area (Å²) in [6, 6.07) is 0. The van der Waals surface area contributed by atoms with Crippen LogP contribution in [-0.2, 0) is 21.1 Å². The van der Waals surface area contributed by atoms with Crippen molar-refractivity contribution in [3.8, 4) is 0 Å². The van der Waals surface area contributed by atoms with Gasteiger partial charge in [0, 0.05) is 21.1 Å². The summed E-state index contributed by atoms with van der Waals surface area (Å²) >= 11 is 0. The summed E-state index contributed by atoms with van der Waals surface area (Å²) in [6.07, 6.45) is 12.5. The molecular formula is C9H14Mo-2. The van der Waals surface area contributed by atoms with Gasteiger partial charge in [0.25, 0.3) is 0 Å². The van der Waals surface area contributed by atoms with Gasteiger partial charge < -0.3 is 1.43 Å². The topological polar surface area (TPSA) is 0 Å². The average Bonchev–Trinajstić information content (AvgIpc) is 2.34. The van der Waals surface area contributed by atoms with E-state index in [9.17, 15) is 0 Å². The molecule has 0 unspecified atom stereocenters. The molecule has 0 saturated carbocycles. The predicted octanol–water partition coefficient (Wildman–Crippen LogP) is 2.98. The molecule has 0 amide bonds. The first-order valence-corrected chi connectivity index (χ1v) is 3.69. The molecule has 0 nitrogen and oxygen atoms in total. The maximum atomic E-state index is 3.30. The molecule has 0 aromatic rings. The van der Waals surface area contributed by atoms with Crippen LogP contribution in [0.15, 0.2) is 17.7 Å². The molecule has 0 aromatic heterocycles. The van der Waals surface area contributed by atoms with Crippen LogP contribution in [0.2, 0.25) is 0 Å². The smallest absolute Gasteiger partial charge is 0 e. The normalized spacial score (nSPS) is 14.7. The molecule has 0 heterocycles. The van der Waals surface area contributed by atoms with Gasteiger partial charge >= 0.3 is 0 Å². The van der Waals surface area contributed by atoms with Crippen molar-refractivity contribution >= 4 is 0 Å². The summed E-state index contributed by atoms with van der Waals surface area (Å²) in [4.78, 5) is 0. The molecular weight excluding hydrogens is 204 g/mol. The fourth-order valence-corrected chi connectivity index (χ4v) is 0.989. The Kier molecular flexibility index (Phi) is 6.02. The first kappa shape index (κ1) is 10.2. The standard InChI is InChI=1S/C9H13.Mo.H/c1-2-3-6-9-7-4-5-8-9;;/h4,7H,2-3,5-6H2,1H3;;/q-1;;-1. The second-order valence-electron chi connectivity index (χ2n) is 2.41. The number of hydrogen-bond donors (Lipinski definition) is 0. The molecule has 0 N–H and O–H groups in total. The zero-order chi connectivity index (χ0) is 6.53. The molecule has 1 aliphatic rings. The van der Waals surface area contributed by atoms with E-state index in [-0.39, 0.29) is 22.5 Å². The maximum absolute atomic E-state index is 3.30. The van der Waals surface area contributed by atoms with Gasteiger partial charge in [0.05, 0.1) is 0 Å². The molecule has 0 spiro atoms. The molecule has 0 fully saturated rings. The number of hydrogen-bond acceptors (Lipinski definition) is 0. The second-order valence-corrected chi connectivity index (χ2v) is 2.41. The SMILES string of the molecule is CCCCC1=[C-]CC=C1.[H-].[Mo]. The van der Waals surface area contributed by atoms with Crippen molar-refractivity contribution in [1.29, 1.82) is 0 Å². The van der Waals surface area contributed by atoms with Gasteiger partial charge in [-0.15, -0.1) is 6.42 Å². The van der Waals surface area contributed by atoms with Crippen molar-refractivity contribution in [2.45, 2.75) is 32.6 Å². The quantitative estimate of drug-likeness (QED) is 0.504. The molecule has 1 aliphatic carbocycles. The van der Waals surface area contributed by atoms with Gasteiger partial charge in [0.2, 0.25) is 0 Å². The summed E-state index contributed by atoms with van der Waals surface area (Å²) in [7, 11) is 0. The zero-order valence-electron chi connectivity index (χ0n) is 7.39. The van der Waals surface area contributed by atoms with Crippen LogP contribution in [0.25, 0.3) is 0 Å². The van der Waals surface area contributed by atoms with E-state index in [2.05, 4.69) is 25.2 Å². The number of unbranched alkanes of at least 4 members (excludes halogenated alkanes) is 1.